The fourth-order valence-electron chi connectivity index (χ4n) is 3.49. The lowest BCUT2D eigenvalue weighted by atomic mass is 10.0. The lowest BCUT2D eigenvalue weighted by molar-refractivity contribution is 0.329. The third-order valence-corrected chi connectivity index (χ3v) is 5.90. The summed E-state index contributed by atoms with van der Waals surface area (Å²) in [6.07, 6.45) is 9.17. The molecule has 2 aliphatic carbocycles. The summed E-state index contributed by atoms with van der Waals surface area (Å²) in [7, 11) is 0. The predicted octanol–water partition coefficient (Wildman–Crippen LogP) is 3.49. The van der Waals surface area contributed by atoms with Crippen molar-refractivity contribution < 1.29 is 4.52 Å². The van der Waals surface area contributed by atoms with E-state index in [2.05, 4.69) is 22.4 Å². The van der Waals surface area contributed by atoms with Crippen LogP contribution in [0.1, 0.15) is 69.5 Å². The van der Waals surface area contributed by atoms with Gasteiger partial charge in [-0.15, -0.1) is 0 Å². The summed E-state index contributed by atoms with van der Waals surface area (Å²) in [5.74, 6) is 3.08. The van der Waals surface area contributed by atoms with Gasteiger partial charge < -0.3 is 9.84 Å². The van der Waals surface area contributed by atoms with Gasteiger partial charge in [-0.25, -0.2) is 0 Å². The standard InChI is InChI=1S/C15H25N3OS/c1-2-16-13-9-5-8-12(13)15-17-14(18-19-15)10-20-11-6-3-4-7-11/h11-13,16H,2-10H2,1H3. The van der Waals surface area contributed by atoms with E-state index in [-0.39, 0.29) is 0 Å². The summed E-state index contributed by atoms with van der Waals surface area (Å²) in [4.78, 5) is 4.65. The molecule has 3 rings (SSSR count). The molecule has 1 N–H and O–H groups in total. The molecule has 0 amide bonds. The van der Waals surface area contributed by atoms with Gasteiger partial charge in [-0.05, 0) is 32.2 Å². The van der Waals surface area contributed by atoms with Crippen LogP contribution in [-0.4, -0.2) is 28.0 Å². The zero-order valence-electron chi connectivity index (χ0n) is 12.3. The largest absolute Gasteiger partial charge is 0.339 e. The van der Waals surface area contributed by atoms with Gasteiger partial charge in [0, 0.05) is 11.3 Å². The van der Waals surface area contributed by atoms with Gasteiger partial charge in [0.1, 0.15) is 0 Å². The predicted molar refractivity (Wildman–Crippen MR) is 81.9 cm³/mol. The van der Waals surface area contributed by atoms with Crippen molar-refractivity contribution in [1.29, 1.82) is 0 Å². The van der Waals surface area contributed by atoms with Crippen molar-refractivity contribution in [1.82, 2.24) is 15.5 Å². The Labute approximate surface area is 125 Å². The maximum Gasteiger partial charge on any atom is 0.231 e. The lowest BCUT2D eigenvalue weighted by Crippen LogP contribution is -2.31. The highest BCUT2D eigenvalue weighted by Crippen LogP contribution is 2.35. The average Bonchev–Trinajstić information content (AvgIpc) is 3.18. The highest BCUT2D eigenvalue weighted by atomic mass is 32.2. The highest BCUT2D eigenvalue weighted by Gasteiger charge is 2.32. The maximum absolute atomic E-state index is 5.53. The smallest absolute Gasteiger partial charge is 0.231 e. The minimum absolute atomic E-state index is 0.424. The fraction of sp³-hybridized carbons (Fsp3) is 0.867. The van der Waals surface area contributed by atoms with E-state index in [9.17, 15) is 0 Å². The molecule has 1 aromatic rings. The molecule has 2 fully saturated rings. The molecule has 0 bridgehead atoms. The van der Waals surface area contributed by atoms with Gasteiger partial charge >= 0.3 is 0 Å². The molecule has 2 aliphatic rings. The van der Waals surface area contributed by atoms with Gasteiger partial charge in [0.2, 0.25) is 5.89 Å². The van der Waals surface area contributed by atoms with E-state index in [1.807, 2.05) is 11.8 Å². The van der Waals surface area contributed by atoms with Crippen LogP contribution in [-0.2, 0) is 5.75 Å². The first-order valence-corrected chi connectivity index (χ1v) is 9.09. The lowest BCUT2D eigenvalue weighted by Gasteiger charge is -2.16. The van der Waals surface area contributed by atoms with Crippen molar-refractivity contribution >= 4 is 11.8 Å². The maximum atomic E-state index is 5.53. The molecule has 2 saturated carbocycles. The molecule has 20 heavy (non-hydrogen) atoms. The first kappa shape index (κ1) is 14.4. The second-order valence-corrected chi connectivity index (χ2v) is 7.26. The molecular weight excluding hydrogens is 270 g/mol. The van der Waals surface area contributed by atoms with Crippen LogP contribution in [0.2, 0.25) is 0 Å². The Hall–Kier alpha value is -0.550. The molecule has 0 saturated heterocycles. The second-order valence-electron chi connectivity index (χ2n) is 5.97. The second kappa shape index (κ2) is 6.94. The van der Waals surface area contributed by atoms with Crippen molar-refractivity contribution in [3.63, 3.8) is 0 Å². The Bertz CT molecular complexity index is 417. The van der Waals surface area contributed by atoms with E-state index in [1.54, 1.807) is 0 Å². The van der Waals surface area contributed by atoms with E-state index < -0.39 is 0 Å². The van der Waals surface area contributed by atoms with Crippen LogP contribution < -0.4 is 5.32 Å². The molecule has 2 unspecified atom stereocenters. The molecular formula is C15H25N3OS. The summed E-state index contributed by atoms with van der Waals surface area (Å²) in [5, 5.41) is 8.55. The van der Waals surface area contributed by atoms with Crippen molar-refractivity contribution in [3.05, 3.63) is 11.7 Å². The molecule has 2 atom stereocenters. The number of likely N-dealkylation sites (N-methyl/N-ethyl adjacent to an activating group) is 1. The zero-order valence-corrected chi connectivity index (χ0v) is 13.1. The Kier molecular flexibility index (Phi) is 4.99. The molecule has 0 spiro atoms. The zero-order chi connectivity index (χ0) is 13.8. The van der Waals surface area contributed by atoms with E-state index >= 15 is 0 Å². The summed E-state index contributed by atoms with van der Waals surface area (Å²) in [6.45, 7) is 3.17. The number of hydrogen-bond donors (Lipinski definition) is 1. The third kappa shape index (κ3) is 3.37. The topological polar surface area (TPSA) is 51.0 Å². The Morgan fingerprint density at radius 2 is 2.05 bits per heavy atom. The van der Waals surface area contributed by atoms with Crippen molar-refractivity contribution in [2.75, 3.05) is 6.54 Å². The van der Waals surface area contributed by atoms with Crippen LogP contribution >= 0.6 is 11.8 Å². The highest BCUT2D eigenvalue weighted by molar-refractivity contribution is 7.99. The molecule has 4 nitrogen and oxygen atoms in total. The molecule has 5 heteroatoms. The summed E-state index contributed by atoms with van der Waals surface area (Å²) >= 11 is 2.00. The molecule has 0 aliphatic heterocycles. The van der Waals surface area contributed by atoms with Crippen molar-refractivity contribution in [2.24, 2.45) is 0 Å². The minimum Gasteiger partial charge on any atom is -0.339 e. The molecule has 0 radical (unpaired) electrons. The van der Waals surface area contributed by atoms with E-state index in [0.717, 1.165) is 29.3 Å². The first-order chi connectivity index (χ1) is 9.86. The summed E-state index contributed by atoms with van der Waals surface area (Å²) in [5.41, 5.74) is 0. The first-order valence-electron chi connectivity index (χ1n) is 8.04. The monoisotopic (exact) mass is 295 g/mol. The van der Waals surface area contributed by atoms with Crippen molar-refractivity contribution in [3.8, 4) is 0 Å². The minimum atomic E-state index is 0.424. The van der Waals surface area contributed by atoms with Gasteiger partial charge in [0.15, 0.2) is 5.82 Å². The average molecular weight is 295 g/mol. The third-order valence-electron chi connectivity index (χ3n) is 4.53. The molecule has 1 heterocycles. The SMILES string of the molecule is CCNC1CCCC1c1nc(CSC2CCCC2)no1. The van der Waals surface area contributed by atoms with Crippen molar-refractivity contribution in [2.45, 2.75) is 74.8 Å². The quantitative estimate of drug-likeness (QED) is 0.870. The number of hydrogen-bond acceptors (Lipinski definition) is 5. The van der Waals surface area contributed by atoms with Crippen LogP contribution in [0.15, 0.2) is 4.52 Å². The van der Waals surface area contributed by atoms with Gasteiger partial charge in [-0.3, -0.25) is 0 Å². The van der Waals surface area contributed by atoms with Gasteiger partial charge in [0.25, 0.3) is 0 Å². The number of aromatic nitrogens is 2. The van der Waals surface area contributed by atoms with Crippen LogP contribution in [0.4, 0.5) is 0 Å². The number of nitrogens with zero attached hydrogens (tertiary/aromatic N) is 2. The van der Waals surface area contributed by atoms with E-state index in [4.69, 9.17) is 4.52 Å². The number of thioether (sulfide) groups is 1. The molecule has 1 aromatic heterocycles. The van der Waals surface area contributed by atoms with Crippen LogP contribution in [0.3, 0.4) is 0 Å². The van der Waals surface area contributed by atoms with Crippen LogP contribution in [0, 0.1) is 0 Å². The van der Waals surface area contributed by atoms with E-state index in [0.29, 0.717) is 12.0 Å². The Morgan fingerprint density at radius 1 is 1.20 bits per heavy atom. The van der Waals surface area contributed by atoms with Gasteiger partial charge in [-0.1, -0.05) is 31.3 Å². The van der Waals surface area contributed by atoms with Gasteiger partial charge in [-0.2, -0.15) is 16.7 Å². The van der Waals surface area contributed by atoms with Gasteiger partial charge in [0.05, 0.1) is 11.7 Å². The number of rotatable bonds is 6. The Balaban J connectivity index is 1.55. The Morgan fingerprint density at radius 3 is 2.85 bits per heavy atom. The normalized spacial score (nSPS) is 27.4. The van der Waals surface area contributed by atoms with Crippen LogP contribution in [0.5, 0.6) is 0 Å². The summed E-state index contributed by atoms with van der Waals surface area (Å²) in [6, 6.07) is 0.524. The fourth-order valence-corrected chi connectivity index (χ4v) is 4.65. The van der Waals surface area contributed by atoms with E-state index in [1.165, 1.54) is 44.9 Å². The molecule has 0 aromatic carbocycles. The number of nitrogens with one attached hydrogen (secondary N) is 1. The molecule has 112 valence electrons. The summed E-state index contributed by atoms with van der Waals surface area (Å²) < 4.78 is 5.53. The van der Waals surface area contributed by atoms with Crippen LogP contribution in [0.25, 0.3) is 0 Å².